The Kier molecular flexibility index (Phi) is 7.44. The Morgan fingerprint density at radius 1 is 0.971 bits per heavy atom. The lowest BCUT2D eigenvalue weighted by Crippen LogP contribution is -2.45. The Labute approximate surface area is 196 Å². The minimum Gasteiger partial charge on any atom is -0.486 e. The zero-order valence-corrected chi connectivity index (χ0v) is 18.3. The number of furan rings is 1. The standard InChI is InChI=1S/C25H24N2O7/c28-23(26-14-18-15-32-20-9-4-5-10-21(20)34-18)16-33-25(30)19(13-17-7-2-1-3-8-17)27-24(29)22-11-6-12-31-22/h1-12,18-19H,13-16H2,(H,26,28)(H,27,29)/t18?,19-/m0/s1. The molecule has 2 heterocycles. The van der Waals surface area contributed by atoms with Crippen molar-refractivity contribution in [3.63, 3.8) is 0 Å². The summed E-state index contributed by atoms with van der Waals surface area (Å²) in [6, 6.07) is 18.5. The zero-order valence-electron chi connectivity index (χ0n) is 18.3. The van der Waals surface area contributed by atoms with Crippen LogP contribution < -0.4 is 20.1 Å². The normalized spacial score (nSPS) is 15.1. The monoisotopic (exact) mass is 464 g/mol. The molecule has 2 atom stereocenters. The number of hydrogen-bond acceptors (Lipinski definition) is 7. The largest absolute Gasteiger partial charge is 0.486 e. The summed E-state index contributed by atoms with van der Waals surface area (Å²) in [5.74, 6) is -0.450. The molecule has 2 N–H and O–H groups in total. The number of nitrogens with one attached hydrogen (secondary N) is 2. The van der Waals surface area contributed by atoms with Crippen molar-refractivity contribution < 1.29 is 33.0 Å². The molecule has 0 saturated carbocycles. The maximum absolute atomic E-state index is 12.7. The first-order valence-corrected chi connectivity index (χ1v) is 10.8. The number of amides is 2. The van der Waals surface area contributed by atoms with E-state index in [1.807, 2.05) is 42.5 Å². The quantitative estimate of drug-likeness (QED) is 0.466. The molecule has 1 aliphatic rings. The summed E-state index contributed by atoms with van der Waals surface area (Å²) in [5.41, 5.74) is 0.823. The van der Waals surface area contributed by atoms with E-state index in [0.29, 0.717) is 11.5 Å². The van der Waals surface area contributed by atoms with Crippen molar-refractivity contribution in [2.24, 2.45) is 0 Å². The molecule has 9 nitrogen and oxygen atoms in total. The molecule has 4 rings (SSSR count). The summed E-state index contributed by atoms with van der Waals surface area (Å²) in [6.45, 7) is -0.0205. The van der Waals surface area contributed by atoms with E-state index in [9.17, 15) is 14.4 Å². The minimum absolute atomic E-state index is 0.0693. The number of carbonyl (C=O) groups is 3. The van der Waals surface area contributed by atoms with Crippen LogP contribution in [-0.4, -0.2) is 49.7 Å². The van der Waals surface area contributed by atoms with Crippen LogP contribution in [0.15, 0.2) is 77.4 Å². The van der Waals surface area contributed by atoms with E-state index in [-0.39, 0.29) is 31.4 Å². The molecular formula is C25H24N2O7. The topological polar surface area (TPSA) is 116 Å². The maximum Gasteiger partial charge on any atom is 0.329 e. The average Bonchev–Trinajstić information content (AvgIpc) is 3.41. The summed E-state index contributed by atoms with van der Waals surface area (Å²) in [6.07, 6.45) is 1.19. The van der Waals surface area contributed by atoms with Gasteiger partial charge in [0.15, 0.2) is 23.9 Å². The highest BCUT2D eigenvalue weighted by Crippen LogP contribution is 2.30. The fourth-order valence-corrected chi connectivity index (χ4v) is 3.36. The van der Waals surface area contributed by atoms with E-state index < -0.39 is 30.4 Å². The van der Waals surface area contributed by atoms with Gasteiger partial charge in [-0.2, -0.15) is 0 Å². The Morgan fingerprint density at radius 3 is 2.50 bits per heavy atom. The van der Waals surface area contributed by atoms with E-state index in [1.165, 1.54) is 12.3 Å². The van der Waals surface area contributed by atoms with Crippen LogP contribution >= 0.6 is 0 Å². The van der Waals surface area contributed by atoms with Crippen molar-refractivity contribution in [2.45, 2.75) is 18.6 Å². The first-order chi connectivity index (χ1) is 16.6. The SMILES string of the molecule is O=C(COC(=O)[C@H](Cc1ccccc1)NC(=O)c1ccco1)NCC1COc2ccccc2O1. The Morgan fingerprint density at radius 2 is 1.74 bits per heavy atom. The second-order valence-corrected chi connectivity index (χ2v) is 7.60. The second kappa shape index (κ2) is 11.0. The van der Waals surface area contributed by atoms with Gasteiger partial charge in [0.2, 0.25) is 0 Å². The molecule has 0 saturated heterocycles. The highest BCUT2D eigenvalue weighted by atomic mass is 16.6. The van der Waals surface area contributed by atoms with Crippen molar-refractivity contribution >= 4 is 17.8 Å². The Hall–Kier alpha value is -4.27. The molecule has 0 bridgehead atoms. The zero-order chi connectivity index (χ0) is 23.8. The lowest BCUT2D eigenvalue weighted by atomic mass is 10.1. The average molecular weight is 464 g/mol. The van der Waals surface area contributed by atoms with Crippen LogP contribution in [0.2, 0.25) is 0 Å². The lowest BCUT2D eigenvalue weighted by molar-refractivity contribution is -0.150. The van der Waals surface area contributed by atoms with Gasteiger partial charge < -0.3 is 29.3 Å². The number of carbonyl (C=O) groups excluding carboxylic acids is 3. The van der Waals surface area contributed by atoms with Gasteiger partial charge in [-0.1, -0.05) is 42.5 Å². The van der Waals surface area contributed by atoms with Crippen molar-refractivity contribution in [2.75, 3.05) is 19.8 Å². The molecule has 2 aromatic carbocycles. The van der Waals surface area contributed by atoms with Gasteiger partial charge in [-0.3, -0.25) is 9.59 Å². The third-order valence-corrected chi connectivity index (χ3v) is 5.06. The van der Waals surface area contributed by atoms with Gasteiger partial charge in [0.1, 0.15) is 18.8 Å². The molecule has 2 amide bonds. The lowest BCUT2D eigenvalue weighted by Gasteiger charge is -2.26. The molecule has 1 aromatic heterocycles. The number of esters is 1. The molecule has 0 radical (unpaired) electrons. The molecule has 1 aliphatic heterocycles. The van der Waals surface area contributed by atoms with Crippen molar-refractivity contribution in [1.82, 2.24) is 10.6 Å². The van der Waals surface area contributed by atoms with E-state index >= 15 is 0 Å². The van der Waals surface area contributed by atoms with Gasteiger partial charge in [0.05, 0.1) is 12.8 Å². The highest BCUT2D eigenvalue weighted by Gasteiger charge is 2.26. The van der Waals surface area contributed by atoms with Gasteiger partial charge in [0, 0.05) is 6.42 Å². The van der Waals surface area contributed by atoms with Crippen LogP contribution in [0.3, 0.4) is 0 Å². The highest BCUT2D eigenvalue weighted by molar-refractivity contribution is 5.94. The first kappa shape index (κ1) is 22.9. The van der Waals surface area contributed by atoms with Crippen LogP contribution in [-0.2, 0) is 20.7 Å². The van der Waals surface area contributed by atoms with Crippen LogP contribution in [0.25, 0.3) is 0 Å². The first-order valence-electron chi connectivity index (χ1n) is 10.8. The predicted octanol–water partition coefficient (Wildman–Crippen LogP) is 2.12. The smallest absolute Gasteiger partial charge is 0.329 e. The summed E-state index contributed by atoms with van der Waals surface area (Å²) < 4.78 is 21.7. The molecule has 0 aliphatic carbocycles. The summed E-state index contributed by atoms with van der Waals surface area (Å²) >= 11 is 0. The van der Waals surface area contributed by atoms with Gasteiger partial charge in [0.25, 0.3) is 11.8 Å². The van der Waals surface area contributed by atoms with Gasteiger partial charge >= 0.3 is 5.97 Å². The molecule has 34 heavy (non-hydrogen) atoms. The predicted molar refractivity (Wildman–Crippen MR) is 120 cm³/mol. The van der Waals surface area contributed by atoms with E-state index in [4.69, 9.17) is 18.6 Å². The molecule has 0 fully saturated rings. The van der Waals surface area contributed by atoms with E-state index in [2.05, 4.69) is 10.6 Å². The number of para-hydroxylation sites is 2. The number of fused-ring (bicyclic) bond motifs is 1. The van der Waals surface area contributed by atoms with Crippen LogP contribution in [0.5, 0.6) is 11.5 Å². The van der Waals surface area contributed by atoms with Crippen molar-refractivity contribution in [1.29, 1.82) is 0 Å². The molecule has 3 aromatic rings. The minimum atomic E-state index is -1.00. The molecule has 0 spiro atoms. The van der Waals surface area contributed by atoms with Crippen molar-refractivity contribution in [3.05, 3.63) is 84.3 Å². The molecule has 176 valence electrons. The fraction of sp³-hybridized carbons (Fsp3) is 0.240. The van der Waals surface area contributed by atoms with Crippen LogP contribution in [0.1, 0.15) is 16.1 Å². The summed E-state index contributed by atoms with van der Waals surface area (Å²) in [7, 11) is 0. The number of benzene rings is 2. The molecular weight excluding hydrogens is 440 g/mol. The maximum atomic E-state index is 12.7. The van der Waals surface area contributed by atoms with Crippen LogP contribution in [0.4, 0.5) is 0 Å². The number of ether oxygens (including phenoxy) is 3. The third-order valence-electron chi connectivity index (χ3n) is 5.06. The Balaban J connectivity index is 1.28. The fourth-order valence-electron chi connectivity index (χ4n) is 3.36. The van der Waals surface area contributed by atoms with Crippen molar-refractivity contribution in [3.8, 4) is 11.5 Å². The van der Waals surface area contributed by atoms with E-state index in [1.54, 1.807) is 18.2 Å². The third kappa shape index (κ3) is 6.16. The number of hydrogen-bond donors (Lipinski definition) is 2. The van der Waals surface area contributed by atoms with Gasteiger partial charge in [-0.15, -0.1) is 0 Å². The molecule has 9 heteroatoms. The number of rotatable bonds is 9. The summed E-state index contributed by atoms with van der Waals surface area (Å²) in [4.78, 5) is 37.3. The Bertz CT molecular complexity index is 1120. The van der Waals surface area contributed by atoms with Crippen LogP contribution in [0, 0.1) is 0 Å². The van der Waals surface area contributed by atoms with Gasteiger partial charge in [-0.05, 0) is 29.8 Å². The molecule has 1 unspecified atom stereocenters. The van der Waals surface area contributed by atoms with E-state index in [0.717, 1.165) is 5.56 Å². The summed E-state index contributed by atoms with van der Waals surface area (Å²) in [5, 5.41) is 5.28. The second-order valence-electron chi connectivity index (χ2n) is 7.60. The van der Waals surface area contributed by atoms with Gasteiger partial charge in [-0.25, -0.2) is 4.79 Å².